The van der Waals surface area contributed by atoms with Gasteiger partial charge in [-0.15, -0.1) is 0 Å². The second-order valence-corrected chi connectivity index (χ2v) is 6.98. The van der Waals surface area contributed by atoms with Gasteiger partial charge in [-0.1, -0.05) is 26.0 Å². The Kier molecular flexibility index (Phi) is 7.44. The van der Waals surface area contributed by atoms with E-state index in [4.69, 9.17) is 14.2 Å². The fraction of sp³-hybridized carbons (Fsp3) is 0.364. The number of aryl methyl sites for hydroxylation is 1. The average Bonchev–Trinajstić information content (AvgIpc) is 2.65. The quantitative estimate of drug-likeness (QED) is 0.689. The lowest BCUT2D eigenvalue weighted by atomic mass is 10.2. The zero-order valence-electron chi connectivity index (χ0n) is 16.9. The topological polar surface area (TPSA) is 73.9 Å². The van der Waals surface area contributed by atoms with E-state index in [9.17, 15) is 9.59 Å². The number of nitrogens with one attached hydrogen (secondary N) is 1. The van der Waals surface area contributed by atoms with E-state index in [1.165, 1.54) is 14.0 Å². The zero-order chi connectivity index (χ0) is 20.7. The van der Waals surface area contributed by atoms with Crippen molar-refractivity contribution < 1.29 is 23.8 Å². The lowest BCUT2D eigenvalue weighted by Gasteiger charge is -2.15. The Balaban J connectivity index is 2.01. The zero-order valence-corrected chi connectivity index (χ0v) is 16.9. The van der Waals surface area contributed by atoms with Crippen LogP contribution < -0.4 is 14.8 Å². The number of anilines is 1. The predicted molar refractivity (Wildman–Crippen MR) is 108 cm³/mol. The Hall–Kier alpha value is -3.02. The van der Waals surface area contributed by atoms with Crippen molar-refractivity contribution in [1.82, 2.24) is 0 Å². The van der Waals surface area contributed by atoms with Crippen molar-refractivity contribution >= 4 is 17.6 Å². The Morgan fingerprint density at radius 1 is 1.04 bits per heavy atom. The summed E-state index contributed by atoms with van der Waals surface area (Å²) in [6, 6.07) is 12.2. The molecule has 6 nitrogen and oxygen atoms in total. The normalized spacial score (nSPS) is 11.6. The van der Waals surface area contributed by atoms with Crippen LogP contribution in [0.25, 0.3) is 0 Å². The third-order valence-corrected chi connectivity index (χ3v) is 3.91. The Bertz CT molecular complexity index is 831. The van der Waals surface area contributed by atoms with Crippen molar-refractivity contribution in [1.29, 1.82) is 0 Å². The first-order valence-corrected chi connectivity index (χ1v) is 9.19. The summed E-state index contributed by atoms with van der Waals surface area (Å²) in [6.07, 6.45) is -0.948. The molecule has 0 saturated carbocycles. The number of rotatable bonds is 8. The third kappa shape index (κ3) is 6.01. The lowest BCUT2D eigenvalue weighted by Crippen LogP contribution is -2.30. The minimum atomic E-state index is -0.948. The van der Waals surface area contributed by atoms with Gasteiger partial charge in [0.25, 0.3) is 5.91 Å². The summed E-state index contributed by atoms with van der Waals surface area (Å²) in [4.78, 5) is 24.7. The molecule has 1 atom stereocenters. The molecule has 2 aromatic rings. The minimum absolute atomic E-state index is 0.281. The Labute approximate surface area is 165 Å². The maximum atomic E-state index is 12.4. The van der Waals surface area contributed by atoms with Gasteiger partial charge in [-0.3, -0.25) is 4.79 Å². The molecular weight excluding hydrogens is 358 g/mol. The van der Waals surface area contributed by atoms with Crippen LogP contribution in [0.5, 0.6) is 11.5 Å². The van der Waals surface area contributed by atoms with Crippen LogP contribution in [-0.2, 0) is 9.53 Å². The lowest BCUT2D eigenvalue weighted by molar-refractivity contribution is -0.123. The second kappa shape index (κ2) is 9.78. The first-order valence-electron chi connectivity index (χ1n) is 9.19. The van der Waals surface area contributed by atoms with Crippen molar-refractivity contribution in [3.63, 3.8) is 0 Å². The highest BCUT2D eigenvalue weighted by atomic mass is 16.5. The van der Waals surface area contributed by atoms with Crippen LogP contribution in [0.15, 0.2) is 42.5 Å². The Morgan fingerprint density at radius 3 is 2.43 bits per heavy atom. The molecule has 0 bridgehead atoms. The number of carbonyl (C=O) groups excluding carboxylic acids is 2. The molecule has 2 aromatic carbocycles. The molecule has 0 fully saturated rings. The van der Waals surface area contributed by atoms with Crippen LogP contribution >= 0.6 is 0 Å². The number of amides is 1. The monoisotopic (exact) mass is 385 g/mol. The number of esters is 1. The molecular formula is C22H27NO5. The predicted octanol–water partition coefficient (Wildman–Crippen LogP) is 4.22. The number of ether oxygens (including phenoxy) is 3. The molecule has 0 radical (unpaired) electrons. The van der Waals surface area contributed by atoms with Gasteiger partial charge in [-0.25, -0.2) is 4.79 Å². The summed E-state index contributed by atoms with van der Waals surface area (Å²) < 4.78 is 16.3. The van der Waals surface area contributed by atoms with E-state index in [1.807, 2.05) is 39.0 Å². The van der Waals surface area contributed by atoms with Gasteiger partial charge in [-0.2, -0.15) is 0 Å². The van der Waals surface area contributed by atoms with Crippen molar-refractivity contribution in [2.45, 2.75) is 33.8 Å². The van der Waals surface area contributed by atoms with Crippen molar-refractivity contribution in [3.05, 3.63) is 53.6 Å². The fourth-order valence-electron chi connectivity index (χ4n) is 2.42. The molecule has 150 valence electrons. The van der Waals surface area contributed by atoms with Crippen molar-refractivity contribution in [3.8, 4) is 11.5 Å². The standard InChI is InChI=1S/C22H27NO5/c1-14(2)13-27-19-10-9-17(12-20(19)26-5)22(25)28-16(4)21(24)23-18-8-6-7-15(3)11-18/h6-12,14,16H,13H2,1-5H3,(H,23,24)/t16-/m0/s1. The maximum absolute atomic E-state index is 12.4. The van der Waals surface area contributed by atoms with Crippen molar-refractivity contribution in [2.75, 3.05) is 19.0 Å². The SMILES string of the molecule is COc1cc(C(=O)O[C@@H](C)C(=O)Nc2cccc(C)c2)ccc1OCC(C)C. The van der Waals surface area contributed by atoms with Gasteiger partial charge in [0, 0.05) is 5.69 Å². The highest BCUT2D eigenvalue weighted by molar-refractivity contribution is 5.97. The van der Waals surface area contributed by atoms with Crippen LogP contribution in [0.4, 0.5) is 5.69 Å². The van der Waals surface area contributed by atoms with Gasteiger partial charge in [0.15, 0.2) is 17.6 Å². The maximum Gasteiger partial charge on any atom is 0.339 e. The molecule has 28 heavy (non-hydrogen) atoms. The molecule has 0 spiro atoms. The van der Waals surface area contributed by atoms with Gasteiger partial charge in [0.05, 0.1) is 19.3 Å². The minimum Gasteiger partial charge on any atom is -0.493 e. The summed E-state index contributed by atoms with van der Waals surface area (Å²) in [7, 11) is 1.50. The van der Waals surface area contributed by atoms with Gasteiger partial charge in [0.1, 0.15) is 0 Å². The highest BCUT2D eigenvalue weighted by Crippen LogP contribution is 2.29. The summed E-state index contributed by atoms with van der Waals surface area (Å²) in [5.74, 6) is 0.343. The second-order valence-electron chi connectivity index (χ2n) is 6.98. The summed E-state index contributed by atoms with van der Waals surface area (Å²) in [6.45, 7) is 8.08. The number of methoxy groups -OCH3 is 1. The number of hydrogen-bond donors (Lipinski definition) is 1. The first kappa shape index (κ1) is 21.3. The number of carbonyl (C=O) groups is 2. The van der Waals surface area contributed by atoms with Crippen LogP contribution in [0.3, 0.4) is 0 Å². The van der Waals surface area contributed by atoms with Crippen LogP contribution in [0.2, 0.25) is 0 Å². The van der Waals surface area contributed by atoms with E-state index in [2.05, 4.69) is 5.32 Å². The van der Waals surface area contributed by atoms with Gasteiger partial charge < -0.3 is 19.5 Å². The molecule has 0 unspecified atom stereocenters. The highest BCUT2D eigenvalue weighted by Gasteiger charge is 2.20. The largest absolute Gasteiger partial charge is 0.493 e. The molecule has 0 aliphatic heterocycles. The molecule has 0 saturated heterocycles. The molecule has 0 heterocycles. The molecule has 1 amide bonds. The summed E-state index contributed by atoms with van der Waals surface area (Å²) in [5.41, 5.74) is 1.96. The van der Waals surface area contributed by atoms with E-state index in [0.29, 0.717) is 29.7 Å². The number of benzene rings is 2. The van der Waals surface area contributed by atoms with Gasteiger partial charge >= 0.3 is 5.97 Å². The number of hydrogen-bond acceptors (Lipinski definition) is 5. The Morgan fingerprint density at radius 2 is 1.79 bits per heavy atom. The summed E-state index contributed by atoms with van der Waals surface area (Å²) in [5, 5.41) is 2.74. The van der Waals surface area contributed by atoms with Gasteiger partial charge in [-0.05, 0) is 55.7 Å². The molecule has 1 N–H and O–H groups in total. The van der Waals surface area contributed by atoms with E-state index in [0.717, 1.165) is 5.56 Å². The molecule has 0 aliphatic carbocycles. The summed E-state index contributed by atoms with van der Waals surface area (Å²) >= 11 is 0. The average molecular weight is 385 g/mol. The smallest absolute Gasteiger partial charge is 0.339 e. The molecule has 6 heteroatoms. The molecule has 2 rings (SSSR count). The van der Waals surface area contributed by atoms with Crippen molar-refractivity contribution in [2.24, 2.45) is 5.92 Å². The van der Waals surface area contributed by atoms with E-state index >= 15 is 0 Å². The van der Waals surface area contributed by atoms with Gasteiger partial charge in [0.2, 0.25) is 0 Å². The molecule has 0 aliphatic rings. The van der Waals surface area contributed by atoms with Crippen LogP contribution in [0, 0.1) is 12.8 Å². The third-order valence-electron chi connectivity index (χ3n) is 3.91. The van der Waals surface area contributed by atoms with Crippen LogP contribution in [0.1, 0.15) is 36.7 Å². The van der Waals surface area contributed by atoms with E-state index in [1.54, 1.807) is 24.3 Å². The fourth-order valence-corrected chi connectivity index (χ4v) is 2.42. The van der Waals surface area contributed by atoms with E-state index in [-0.39, 0.29) is 5.56 Å². The van der Waals surface area contributed by atoms with E-state index < -0.39 is 18.0 Å². The first-order chi connectivity index (χ1) is 13.3. The molecule has 0 aromatic heterocycles. The van der Waals surface area contributed by atoms with Crippen LogP contribution in [-0.4, -0.2) is 31.7 Å².